The van der Waals surface area contributed by atoms with E-state index in [1.54, 1.807) is 6.20 Å². The highest BCUT2D eigenvalue weighted by molar-refractivity contribution is 5.77. The van der Waals surface area contributed by atoms with Crippen molar-refractivity contribution in [2.45, 2.75) is 13.5 Å². The van der Waals surface area contributed by atoms with E-state index < -0.39 is 0 Å². The number of nitrogens with zero attached hydrogens (tertiary/aromatic N) is 2. The lowest BCUT2D eigenvalue weighted by molar-refractivity contribution is 0.281. The van der Waals surface area contributed by atoms with E-state index >= 15 is 0 Å². The normalized spacial score (nSPS) is 10.8. The topological polar surface area (TPSA) is 61.8 Å². The van der Waals surface area contributed by atoms with Gasteiger partial charge >= 0.3 is 0 Å². The van der Waals surface area contributed by atoms with Gasteiger partial charge in [0.25, 0.3) is 0 Å². The van der Waals surface area contributed by atoms with Crippen molar-refractivity contribution in [1.82, 2.24) is 15.2 Å². The first kappa shape index (κ1) is 7.24. The van der Waals surface area contributed by atoms with Gasteiger partial charge in [-0.3, -0.25) is 5.10 Å². The van der Waals surface area contributed by atoms with Gasteiger partial charge in [-0.05, 0) is 18.6 Å². The molecule has 0 unspecified atom stereocenters. The summed E-state index contributed by atoms with van der Waals surface area (Å²) < 4.78 is 0. The third-order valence-electron chi connectivity index (χ3n) is 1.84. The van der Waals surface area contributed by atoms with E-state index in [0.717, 1.165) is 16.6 Å². The smallest absolute Gasteiger partial charge is 0.181 e. The highest BCUT2D eigenvalue weighted by atomic mass is 16.3. The highest BCUT2D eigenvalue weighted by Crippen LogP contribution is 2.13. The third kappa shape index (κ3) is 0.967. The second-order valence-electron chi connectivity index (χ2n) is 2.72. The molecule has 0 bridgehead atoms. The van der Waals surface area contributed by atoms with Crippen LogP contribution in [0.4, 0.5) is 0 Å². The minimum Gasteiger partial charge on any atom is -0.392 e. The van der Waals surface area contributed by atoms with Gasteiger partial charge < -0.3 is 5.11 Å². The van der Waals surface area contributed by atoms with Crippen molar-refractivity contribution in [3.05, 3.63) is 23.5 Å². The second kappa shape index (κ2) is 2.57. The average molecular weight is 163 g/mol. The fourth-order valence-corrected chi connectivity index (χ4v) is 1.15. The quantitative estimate of drug-likeness (QED) is 0.652. The first-order valence-electron chi connectivity index (χ1n) is 3.71. The van der Waals surface area contributed by atoms with Crippen LogP contribution in [-0.2, 0) is 6.61 Å². The zero-order chi connectivity index (χ0) is 8.55. The molecule has 2 aromatic rings. The van der Waals surface area contributed by atoms with E-state index in [0.29, 0.717) is 5.65 Å². The Kier molecular flexibility index (Phi) is 1.55. The number of rotatable bonds is 1. The van der Waals surface area contributed by atoms with Gasteiger partial charge in [-0.15, -0.1) is 0 Å². The fraction of sp³-hybridized carbons (Fsp3) is 0.250. The Morgan fingerprint density at radius 3 is 3.17 bits per heavy atom. The van der Waals surface area contributed by atoms with Crippen LogP contribution in [0.3, 0.4) is 0 Å². The zero-order valence-corrected chi connectivity index (χ0v) is 6.70. The van der Waals surface area contributed by atoms with Crippen LogP contribution < -0.4 is 0 Å². The summed E-state index contributed by atoms with van der Waals surface area (Å²) in [5.74, 6) is 0. The van der Waals surface area contributed by atoms with Crippen molar-refractivity contribution in [3.8, 4) is 0 Å². The van der Waals surface area contributed by atoms with E-state index in [4.69, 9.17) is 5.11 Å². The van der Waals surface area contributed by atoms with Crippen molar-refractivity contribution in [1.29, 1.82) is 0 Å². The maximum Gasteiger partial charge on any atom is 0.181 e. The largest absolute Gasteiger partial charge is 0.392 e. The summed E-state index contributed by atoms with van der Waals surface area (Å²) in [4.78, 5) is 4.07. The number of aliphatic hydroxyl groups excluding tert-OH is 1. The molecule has 2 heterocycles. The molecule has 0 aliphatic heterocycles. The lowest BCUT2D eigenvalue weighted by Gasteiger charge is -1.93. The van der Waals surface area contributed by atoms with Crippen molar-refractivity contribution < 1.29 is 5.11 Å². The summed E-state index contributed by atoms with van der Waals surface area (Å²) in [7, 11) is 0. The van der Waals surface area contributed by atoms with Gasteiger partial charge in [0, 0.05) is 17.3 Å². The second-order valence-corrected chi connectivity index (χ2v) is 2.72. The molecule has 2 aromatic heterocycles. The maximum atomic E-state index is 8.85. The van der Waals surface area contributed by atoms with Gasteiger partial charge in [0.05, 0.1) is 6.61 Å². The van der Waals surface area contributed by atoms with Crippen LogP contribution in [0.25, 0.3) is 11.0 Å². The molecular weight excluding hydrogens is 154 g/mol. The number of pyridine rings is 1. The number of hydrogen-bond acceptors (Lipinski definition) is 3. The molecule has 0 amide bonds. The van der Waals surface area contributed by atoms with Crippen LogP contribution in [-0.4, -0.2) is 20.3 Å². The van der Waals surface area contributed by atoms with Crippen LogP contribution >= 0.6 is 0 Å². The summed E-state index contributed by atoms with van der Waals surface area (Å²) in [6, 6.07) is 1.89. The molecule has 0 fully saturated rings. The van der Waals surface area contributed by atoms with Crippen LogP contribution in [0.2, 0.25) is 0 Å². The predicted molar refractivity (Wildman–Crippen MR) is 44.5 cm³/mol. The van der Waals surface area contributed by atoms with E-state index in [1.165, 1.54) is 0 Å². The van der Waals surface area contributed by atoms with E-state index in [9.17, 15) is 0 Å². The highest BCUT2D eigenvalue weighted by Gasteiger charge is 2.02. The Balaban J connectivity index is 2.71. The number of aliphatic hydroxyl groups is 1. The minimum atomic E-state index is 0.0214. The lowest BCUT2D eigenvalue weighted by Crippen LogP contribution is -1.85. The maximum absolute atomic E-state index is 8.85. The molecule has 12 heavy (non-hydrogen) atoms. The number of aromatic amines is 1. The molecule has 0 aromatic carbocycles. The van der Waals surface area contributed by atoms with Crippen molar-refractivity contribution in [2.24, 2.45) is 0 Å². The Morgan fingerprint density at radius 1 is 1.58 bits per heavy atom. The molecule has 0 atom stereocenters. The van der Waals surface area contributed by atoms with Crippen molar-refractivity contribution in [2.75, 3.05) is 0 Å². The summed E-state index contributed by atoms with van der Waals surface area (Å²) >= 11 is 0. The van der Waals surface area contributed by atoms with Crippen LogP contribution in [0.15, 0.2) is 12.3 Å². The number of aryl methyl sites for hydroxylation is 1. The SMILES string of the molecule is Cc1[nH]nc2ncc(CO)cc12. The Morgan fingerprint density at radius 2 is 2.42 bits per heavy atom. The van der Waals surface area contributed by atoms with Gasteiger partial charge in [0.15, 0.2) is 5.65 Å². The summed E-state index contributed by atoms with van der Waals surface area (Å²) in [5.41, 5.74) is 2.49. The number of H-pyrrole nitrogens is 1. The summed E-state index contributed by atoms with van der Waals surface area (Å²) in [6.45, 7) is 1.95. The standard InChI is InChI=1S/C8H9N3O/c1-5-7-2-6(4-12)3-9-8(7)11-10-5/h2-3,12H,4H2,1H3,(H,9,10,11). The Hall–Kier alpha value is -1.42. The molecule has 2 N–H and O–H groups in total. The van der Waals surface area contributed by atoms with Gasteiger partial charge in [0.2, 0.25) is 0 Å². The number of aromatic nitrogens is 3. The molecule has 0 saturated heterocycles. The predicted octanol–water partition coefficient (Wildman–Crippen LogP) is 0.759. The van der Waals surface area contributed by atoms with Crippen molar-refractivity contribution >= 4 is 11.0 Å². The molecule has 0 aliphatic rings. The molecule has 0 radical (unpaired) electrons. The molecule has 4 heteroatoms. The van der Waals surface area contributed by atoms with Gasteiger partial charge in [-0.1, -0.05) is 0 Å². The zero-order valence-electron chi connectivity index (χ0n) is 6.70. The van der Waals surface area contributed by atoms with E-state index in [-0.39, 0.29) is 6.61 Å². The third-order valence-corrected chi connectivity index (χ3v) is 1.84. The number of fused-ring (bicyclic) bond motifs is 1. The van der Waals surface area contributed by atoms with Gasteiger partial charge in [-0.25, -0.2) is 4.98 Å². The summed E-state index contributed by atoms with van der Waals surface area (Å²) in [6.07, 6.45) is 1.63. The minimum absolute atomic E-state index is 0.0214. The lowest BCUT2D eigenvalue weighted by atomic mass is 10.2. The first-order chi connectivity index (χ1) is 5.81. The monoisotopic (exact) mass is 163 g/mol. The molecule has 0 saturated carbocycles. The number of hydrogen-bond donors (Lipinski definition) is 2. The van der Waals surface area contributed by atoms with Crippen molar-refractivity contribution in [3.63, 3.8) is 0 Å². The molecule has 62 valence electrons. The van der Waals surface area contributed by atoms with E-state index in [1.807, 2.05) is 13.0 Å². The summed E-state index contributed by atoms with van der Waals surface area (Å²) in [5, 5.41) is 16.6. The Labute approximate surface area is 69.3 Å². The fourth-order valence-electron chi connectivity index (χ4n) is 1.15. The Bertz CT molecular complexity index is 408. The first-order valence-corrected chi connectivity index (χ1v) is 3.71. The molecule has 0 spiro atoms. The van der Waals surface area contributed by atoms with Crippen LogP contribution in [0, 0.1) is 6.92 Å². The molecule has 2 rings (SSSR count). The molecule has 0 aliphatic carbocycles. The number of nitrogens with one attached hydrogen (secondary N) is 1. The molecule has 4 nitrogen and oxygen atoms in total. The van der Waals surface area contributed by atoms with Gasteiger partial charge in [0.1, 0.15) is 0 Å². The average Bonchev–Trinajstić information content (AvgIpc) is 2.47. The molecular formula is C8H9N3O. The van der Waals surface area contributed by atoms with Crippen LogP contribution in [0.1, 0.15) is 11.3 Å². The van der Waals surface area contributed by atoms with E-state index in [2.05, 4.69) is 15.2 Å². The van der Waals surface area contributed by atoms with Crippen LogP contribution in [0.5, 0.6) is 0 Å². The van der Waals surface area contributed by atoms with Gasteiger partial charge in [-0.2, -0.15) is 5.10 Å².